The Morgan fingerprint density at radius 1 is 0.786 bits per heavy atom. The predicted octanol–water partition coefficient (Wildman–Crippen LogP) is 5.85. The van der Waals surface area contributed by atoms with Gasteiger partial charge in [0.2, 0.25) is 0 Å². The highest BCUT2D eigenvalue weighted by molar-refractivity contribution is 6.31. The Labute approximate surface area is 166 Å². The van der Waals surface area contributed by atoms with E-state index in [0.29, 0.717) is 22.1 Å². The van der Waals surface area contributed by atoms with Crippen LogP contribution in [0.1, 0.15) is 0 Å². The van der Waals surface area contributed by atoms with Crippen LogP contribution < -0.4 is 10.5 Å². The summed E-state index contributed by atoms with van der Waals surface area (Å²) in [5.74, 6) is 1.08. The number of benzene rings is 4. The number of halogens is 1. The number of hydrogen-bond acceptors (Lipinski definition) is 4. The van der Waals surface area contributed by atoms with Crippen LogP contribution in [0.3, 0.4) is 0 Å². The van der Waals surface area contributed by atoms with Gasteiger partial charge in [-0.25, -0.2) is 9.97 Å². The third-order valence-electron chi connectivity index (χ3n) is 4.98. The first-order valence-electron chi connectivity index (χ1n) is 8.88. The third-order valence-corrected chi connectivity index (χ3v) is 5.21. The van der Waals surface area contributed by atoms with E-state index in [2.05, 4.69) is 29.2 Å². The van der Waals surface area contributed by atoms with E-state index in [9.17, 15) is 0 Å². The molecule has 4 nitrogen and oxygen atoms in total. The zero-order valence-electron chi connectivity index (χ0n) is 15.1. The molecule has 0 radical (unpaired) electrons. The van der Waals surface area contributed by atoms with Gasteiger partial charge in [-0.3, -0.25) is 0 Å². The quantitative estimate of drug-likeness (QED) is 0.387. The van der Waals surface area contributed by atoms with E-state index in [1.807, 2.05) is 30.3 Å². The highest BCUT2D eigenvalue weighted by atomic mass is 35.5. The topological polar surface area (TPSA) is 61.0 Å². The lowest BCUT2D eigenvalue weighted by Crippen LogP contribution is -2.01. The Morgan fingerprint density at radius 3 is 2.14 bits per heavy atom. The van der Waals surface area contributed by atoms with Gasteiger partial charge in [-0.05, 0) is 34.4 Å². The standard InChI is InChI=1S/C23H16ClN3O/c1-28-22-17-9-5-3-7-15(17)14-6-2-4-8-16(14)20(22)21-23(25)27-19-12-13(24)10-11-18(19)26-21/h2-12H,1H3,(H2,25,27). The lowest BCUT2D eigenvalue weighted by Gasteiger charge is -2.17. The van der Waals surface area contributed by atoms with Crippen LogP contribution in [0.15, 0.2) is 66.7 Å². The van der Waals surface area contributed by atoms with E-state index in [0.717, 1.165) is 38.4 Å². The molecule has 0 atom stereocenters. The largest absolute Gasteiger partial charge is 0.495 e. The van der Waals surface area contributed by atoms with E-state index < -0.39 is 0 Å². The van der Waals surface area contributed by atoms with Gasteiger partial charge in [-0.2, -0.15) is 0 Å². The first-order chi connectivity index (χ1) is 13.7. The number of fused-ring (bicyclic) bond motifs is 4. The minimum absolute atomic E-state index is 0.341. The van der Waals surface area contributed by atoms with Crippen LogP contribution in [0, 0.1) is 0 Å². The first kappa shape index (κ1) is 16.8. The second kappa shape index (κ2) is 6.36. The zero-order valence-corrected chi connectivity index (χ0v) is 15.9. The van der Waals surface area contributed by atoms with E-state index in [1.54, 1.807) is 19.2 Å². The van der Waals surface area contributed by atoms with Crippen LogP contribution in [-0.4, -0.2) is 17.1 Å². The summed E-state index contributed by atoms with van der Waals surface area (Å²) in [6, 6.07) is 21.8. The Kier molecular flexibility index (Phi) is 3.81. The van der Waals surface area contributed by atoms with Crippen LogP contribution >= 0.6 is 11.6 Å². The maximum atomic E-state index is 6.36. The summed E-state index contributed by atoms with van der Waals surface area (Å²) < 4.78 is 5.86. The highest BCUT2D eigenvalue weighted by Crippen LogP contribution is 2.44. The van der Waals surface area contributed by atoms with Gasteiger partial charge in [0.1, 0.15) is 11.4 Å². The van der Waals surface area contributed by atoms with Gasteiger partial charge in [0.25, 0.3) is 0 Å². The average Bonchev–Trinajstić information content (AvgIpc) is 2.72. The number of rotatable bonds is 2. The fourth-order valence-corrected chi connectivity index (χ4v) is 3.95. The summed E-state index contributed by atoms with van der Waals surface area (Å²) in [5.41, 5.74) is 9.20. The fourth-order valence-electron chi connectivity index (χ4n) is 3.78. The number of methoxy groups -OCH3 is 1. The molecule has 2 N–H and O–H groups in total. The number of hydrogen-bond donors (Lipinski definition) is 1. The van der Waals surface area contributed by atoms with Gasteiger partial charge < -0.3 is 10.5 Å². The van der Waals surface area contributed by atoms with Crippen LogP contribution in [0.2, 0.25) is 5.02 Å². The van der Waals surface area contributed by atoms with E-state index in [-0.39, 0.29) is 0 Å². The molecule has 136 valence electrons. The van der Waals surface area contributed by atoms with Gasteiger partial charge in [0.05, 0.1) is 23.7 Å². The normalized spacial score (nSPS) is 11.4. The van der Waals surface area contributed by atoms with Gasteiger partial charge in [-0.15, -0.1) is 0 Å². The summed E-state index contributed by atoms with van der Waals surface area (Å²) in [6.45, 7) is 0. The van der Waals surface area contributed by atoms with Crippen molar-refractivity contribution in [2.45, 2.75) is 0 Å². The van der Waals surface area contributed by atoms with Crippen molar-refractivity contribution in [3.63, 3.8) is 0 Å². The second-order valence-electron chi connectivity index (χ2n) is 6.59. The maximum absolute atomic E-state index is 6.36. The van der Waals surface area contributed by atoms with Crippen LogP contribution in [0.4, 0.5) is 5.82 Å². The summed E-state index contributed by atoms with van der Waals surface area (Å²) in [4.78, 5) is 9.38. The van der Waals surface area contributed by atoms with Crippen molar-refractivity contribution in [3.8, 4) is 17.0 Å². The molecule has 0 amide bonds. The minimum Gasteiger partial charge on any atom is -0.495 e. The summed E-state index contributed by atoms with van der Waals surface area (Å²) in [7, 11) is 1.67. The Morgan fingerprint density at radius 2 is 1.43 bits per heavy atom. The van der Waals surface area contributed by atoms with Gasteiger partial charge in [0, 0.05) is 10.4 Å². The molecule has 0 fully saturated rings. The number of nitrogens with two attached hydrogens (primary N) is 1. The molecule has 28 heavy (non-hydrogen) atoms. The maximum Gasteiger partial charge on any atom is 0.150 e. The van der Waals surface area contributed by atoms with Crippen molar-refractivity contribution in [3.05, 3.63) is 71.8 Å². The van der Waals surface area contributed by atoms with E-state index in [4.69, 9.17) is 27.1 Å². The number of nitrogen functional groups attached to an aromatic ring is 1. The molecule has 0 bridgehead atoms. The lowest BCUT2D eigenvalue weighted by atomic mass is 9.94. The molecule has 1 aromatic heterocycles. The van der Waals surface area contributed by atoms with Crippen molar-refractivity contribution in [2.24, 2.45) is 0 Å². The number of nitrogens with zero attached hydrogens (tertiary/aromatic N) is 2. The van der Waals surface area contributed by atoms with Crippen molar-refractivity contribution >= 4 is 50.0 Å². The molecule has 4 aromatic carbocycles. The molecule has 1 heterocycles. The third kappa shape index (κ3) is 2.46. The fraction of sp³-hybridized carbons (Fsp3) is 0.0435. The molecular weight excluding hydrogens is 370 g/mol. The molecule has 0 aliphatic carbocycles. The van der Waals surface area contributed by atoms with Crippen LogP contribution in [0.5, 0.6) is 5.75 Å². The van der Waals surface area contributed by atoms with Crippen LogP contribution in [0.25, 0.3) is 43.8 Å². The Balaban J connectivity index is 1.97. The smallest absolute Gasteiger partial charge is 0.150 e. The minimum atomic E-state index is 0.341. The number of ether oxygens (including phenoxy) is 1. The molecule has 5 rings (SSSR count). The number of aromatic nitrogens is 2. The van der Waals surface area contributed by atoms with E-state index >= 15 is 0 Å². The molecule has 0 saturated heterocycles. The SMILES string of the molecule is COc1c(-c2nc3ccc(Cl)cc3nc2N)c2ccccc2c2ccccc12. The second-order valence-corrected chi connectivity index (χ2v) is 7.03. The lowest BCUT2D eigenvalue weighted by molar-refractivity contribution is 0.422. The molecule has 0 aliphatic heterocycles. The molecule has 0 unspecified atom stereocenters. The first-order valence-corrected chi connectivity index (χ1v) is 9.26. The summed E-state index contributed by atoms with van der Waals surface area (Å²) >= 11 is 6.09. The van der Waals surface area contributed by atoms with Crippen molar-refractivity contribution in [1.29, 1.82) is 0 Å². The average molecular weight is 386 g/mol. The van der Waals surface area contributed by atoms with Gasteiger partial charge in [0.15, 0.2) is 5.82 Å². The molecule has 5 heteroatoms. The van der Waals surface area contributed by atoms with Crippen molar-refractivity contribution in [1.82, 2.24) is 9.97 Å². The van der Waals surface area contributed by atoms with Gasteiger partial charge in [-0.1, -0.05) is 60.1 Å². The summed E-state index contributed by atoms with van der Waals surface area (Å²) in [6.07, 6.45) is 0. The van der Waals surface area contributed by atoms with E-state index in [1.165, 1.54) is 0 Å². The molecule has 0 saturated carbocycles. The number of anilines is 1. The monoisotopic (exact) mass is 385 g/mol. The van der Waals surface area contributed by atoms with Crippen molar-refractivity contribution in [2.75, 3.05) is 12.8 Å². The predicted molar refractivity (Wildman–Crippen MR) is 116 cm³/mol. The molecular formula is C23H16ClN3O. The molecule has 5 aromatic rings. The summed E-state index contributed by atoms with van der Waals surface area (Å²) in [5, 5.41) is 4.87. The molecule has 0 aliphatic rings. The Hall–Kier alpha value is -3.37. The highest BCUT2D eigenvalue weighted by Gasteiger charge is 2.20. The zero-order chi connectivity index (χ0) is 19.3. The van der Waals surface area contributed by atoms with Crippen LogP contribution in [-0.2, 0) is 0 Å². The Bertz CT molecular complexity index is 1380. The van der Waals surface area contributed by atoms with Gasteiger partial charge >= 0.3 is 0 Å². The van der Waals surface area contributed by atoms with Crippen molar-refractivity contribution < 1.29 is 4.74 Å². The molecule has 0 spiro atoms.